The van der Waals surface area contributed by atoms with E-state index >= 15 is 0 Å². The molecule has 2 aromatic rings. The van der Waals surface area contributed by atoms with E-state index in [1.807, 2.05) is 18.2 Å². The van der Waals surface area contributed by atoms with Crippen LogP contribution in [0.3, 0.4) is 0 Å². The first-order chi connectivity index (χ1) is 9.63. The monoisotopic (exact) mass is 332 g/mol. The molecule has 0 aromatic heterocycles. The van der Waals surface area contributed by atoms with Crippen LogP contribution < -0.4 is 0 Å². The minimum Gasteiger partial charge on any atom is -0.465 e. The number of benzene rings is 2. The van der Waals surface area contributed by atoms with Gasteiger partial charge >= 0.3 is 5.97 Å². The highest BCUT2D eigenvalue weighted by Gasteiger charge is 2.19. The number of carbonyl (C=O) groups excluding carboxylic acids is 2. The third kappa shape index (κ3) is 3.14. The molecule has 4 heteroatoms. The van der Waals surface area contributed by atoms with Gasteiger partial charge in [0.05, 0.1) is 12.7 Å². The molecule has 3 nitrogen and oxygen atoms in total. The predicted molar refractivity (Wildman–Crippen MR) is 80.2 cm³/mol. The Balaban J connectivity index is 2.19. The lowest BCUT2D eigenvalue weighted by Crippen LogP contribution is -2.07. The third-order valence-corrected chi connectivity index (χ3v) is 3.86. The zero-order valence-corrected chi connectivity index (χ0v) is 12.5. The van der Waals surface area contributed by atoms with Crippen molar-refractivity contribution in [2.45, 2.75) is 4.83 Å². The lowest BCUT2D eigenvalue weighted by Gasteiger charge is -2.10. The fourth-order valence-corrected chi connectivity index (χ4v) is 2.38. The molecule has 0 fully saturated rings. The molecule has 0 saturated heterocycles. The van der Waals surface area contributed by atoms with Gasteiger partial charge < -0.3 is 4.74 Å². The summed E-state index contributed by atoms with van der Waals surface area (Å²) < 4.78 is 4.64. The number of hydrogen-bond donors (Lipinski definition) is 0. The van der Waals surface area contributed by atoms with Gasteiger partial charge in [-0.25, -0.2) is 4.79 Å². The second-order valence-corrected chi connectivity index (χ2v) is 5.12. The van der Waals surface area contributed by atoms with Gasteiger partial charge in [-0.05, 0) is 17.7 Å². The highest BCUT2D eigenvalue weighted by Crippen LogP contribution is 2.27. The first kappa shape index (κ1) is 14.5. The van der Waals surface area contributed by atoms with E-state index < -0.39 is 10.8 Å². The summed E-state index contributed by atoms with van der Waals surface area (Å²) in [7, 11) is 1.34. The zero-order valence-electron chi connectivity index (χ0n) is 10.9. The van der Waals surface area contributed by atoms with Crippen molar-refractivity contribution in [3.63, 3.8) is 0 Å². The molecule has 0 aliphatic heterocycles. The molecule has 20 heavy (non-hydrogen) atoms. The topological polar surface area (TPSA) is 43.4 Å². The summed E-state index contributed by atoms with van der Waals surface area (Å²) in [6.45, 7) is 0. The van der Waals surface area contributed by atoms with Crippen molar-refractivity contribution >= 4 is 27.7 Å². The Morgan fingerprint density at radius 3 is 2.10 bits per heavy atom. The summed E-state index contributed by atoms with van der Waals surface area (Å²) in [6.07, 6.45) is 0. The first-order valence-corrected chi connectivity index (χ1v) is 6.96. The van der Waals surface area contributed by atoms with Crippen LogP contribution in [0, 0.1) is 0 Å². The number of methoxy groups -OCH3 is 1. The fourth-order valence-electron chi connectivity index (χ4n) is 1.81. The highest BCUT2D eigenvalue weighted by molar-refractivity contribution is 9.09. The second-order valence-electron chi connectivity index (χ2n) is 4.21. The Labute approximate surface area is 125 Å². The van der Waals surface area contributed by atoms with Crippen molar-refractivity contribution in [2.75, 3.05) is 7.11 Å². The van der Waals surface area contributed by atoms with Crippen LogP contribution in [0.15, 0.2) is 54.6 Å². The molecular weight excluding hydrogens is 320 g/mol. The maximum atomic E-state index is 12.3. The van der Waals surface area contributed by atoms with Gasteiger partial charge in [-0.3, -0.25) is 4.79 Å². The Morgan fingerprint density at radius 2 is 1.55 bits per heavy atom. The molecule has 2 rings (SSSR count). The summed E-state index contributed by atoms with van der Waals surface area (Å²) in [6, 6.07) is 15.9. The molecule has 102 valence electrons. The molecule has 0 aliphatic rings. The number of rotatable bonds is 4. The summed E-state index contributed by atoms with van der Waals surface area (Å²) in [5.41, 5.74) is 1.90. The summed E-state index contributed by atoms with van der Waals surface area (Å²) in [4.78, 5) is 23.2. The number of hydrogen-bond acceptors (Lipinski definition) is 3. The van der Waals surface area contributed by atoms with Crippen LogP contribution >= 0.6 is 15.9 Å². The fraction of sp³-hybridized carbons (Fsp3) is 0.125. The van der Waals surface area contributed by atoms with Crippen molar-refractivity contribution in [1.82, 2.24) is 0 Å². The molecule has 0 spiro atoms. The molecule has 2 aromatic carbocycles. The Kier molecular flexibility index (Phi) is 4.69. The van der Waals surface area contributed by atoms with Gasteiger partial charge in [-0.15, -0.1) is 0 Å². The predicted octanol–water partition coefficient (Wildman–Crippen LogP) is 3.79. The van der Waals surface area contributed by atoms with E-state index in [9.17, 15) is 9.59 Å². The van der Waals surface area contributed by atoms with E-state index in [-0.39, 0.29) is 5.78 Å². The maximum absolute atomic E-state index is 12.3. The minimum absolute atomic E-state index is 0.0172. The lowest BCUT2D eigenvalue weighted by atomic mass is 10.0. The SMILES string of the molecule is COC(=O)c1ccc(C(Br)C(=O)c2ccccc2)cc1. The zero-order chi connectivity index (χ0) is 14.5. The van der Waals surface area contributed by atoms with Gasteiger partial charge in [0.1, 0.15) is 4.83 Å². The number of alkyl halides is 1. The number of esters is 1. The van der Waals surface area contributed by atoms with Crippen LogP contribution in [0.1, 0.15) is 31.1 Å². The minimum atomic E-state index is -0.434. The summed E-state index contributed by atoms with van der Waals surface area (Å²) in [5, 5.41) is 0. The van der Waals surface area contributed by atoms with E-state index in [2.05, 4.69) is 20.7 Å². The molecule has 0 aliphatic carbocycles. The molecule has 0 radical (unpaired) electrons. The van der Waals surface area contributed by atoms with Crippen molar-refractivity contribution < 1.29 is 14.3 Å². The Morgan fingerprint density at radius 1 is 0.950 bits per heavy atom. The highest BCUT2D eigenvalue weighted by atomic mass is 79.9. The number of ether oxygens (including phenoxy) is 1. The lowest BCUT2D eigenvalue weighted by molar-refractivity contribution is 0.0600. The summed E-state index contributed by atoms with van der Waals surface area (Å²) >= 11 is 3.40. The molecule has 0 N–H and O–H groups in total. The molecular formula is C16H13BrO3. The number of Topliss-reactive ketones (excluding diaryl/α,β-unsaturated/α-hetero) is 1. The van der Waals surface area contributed by atoms with Crippen molar-refractivity contribution in [3.8, 4) is 0 Å². The Bertz CT molecular complexity index is 605. The number of halogens is 1. The van der Waals surface area contributed by atoms with Crippen molar-refractivity contribution in [2.24, 2.45) is 0 Å². The molecule has 0 saturated carbocycles. The number of carbonyl (C=O) groups is 2. The largest absolute Gasteiger partial charge is 0.465 e. The van der Waals surface area contributed by atoms with Crippen LogP contribution in [-0.4, -0.2) is 18.9 Å². The van der Waals surface area contributed by atoms with Gasteiger partial charge in [-0.2, -0.15) is 0 Å². The van der Waals surface area contributed by atoms with Crippen molar-refractivity contribution in [3.05, 3.63) is 71.3 Å². The van der Waals surface area contributed by atoms with Gasteiger partial charge in [0, 0.05) is 5.56 Å². The molecule has 1 unspecified atom stereocenters. The molecule has 0 amide bonds. The van der Waals surface area contributed by atoms with Crippen LogP contribution in [0.4, 0.5) is 0 Å². The normalized spacial score (nSPS) is 11.7. The van der Waals surface area contributed by atoms with E-state index in [4.69, 9.17) is 0 Å². The van der Waals surface area contributed by atoms with E-state index in [0.717, 1.165) is 5.56 Å². The van der Waals surface area contributed by atoms with Gasteiger partial charge in [0.15, 0.2) is 5.78 Å². The number of ketones is 1. The quantitative estimate of drug-likeness (QED) is 0.486. The smallest absolute Gasteiger partial charge is 0.337 e. The van der Waals surface area contributed by atoms with Crippen molar-refractivity contribution in [1.29, 1.82) is 0 Å². The molecule has 1 atom stereocenters. The Hall–Kier alpha value is -1.94. The molecule has 0 heterocycles. The maximum Gasteiger partial charge on any atom is 0.337 e. The van der Waals surface area contributed by atoms with Crippen LogP contribution in [0.2, 0.25) is 0 Å². The van der Waals surface area contributed by atoms with Crippen LogP contribution in [0.25, 0.3) is 0 Å². The average Bonchev–Trinajstić information content (AvgIpc) is 2.53. The average molecular weight is 333 g/mol. The third-order valence-electron chi connectivity index (χ3n) is 2.91. The van der Waals surface area contributed by atoms with Gasteiger partial charge in [-0.1, -0.05) is 58.4 Å². The van der Waals surface area contributed by atoms with Gasteiger partial charge in [0.2, 0.25) is 0 Å². The van der Waals surface area contributed by atoms with E-state index in [0.29, 0.717) is 11.1 Å². The summed E-state index contributed by atoms with van der Waals surface area (Å²) in [5.74, 6) is -0.409. The van der Waals surface area contributed by atoms with Crippen LogP contribution in [0.5, 0.6) is 0 Å². The second kappa shape index (κ2) is 6.48. The first-order valence-electron chi connectivity index (χ1n) is 6.05. The molecule has 0 bridgehead atoms. The standard InChI is InChI=1S/C16H13BrO3/c1-20-16(19)13-9-7-11(8-10-13)14(17)15(18)12-5-3-2-4-6-12/h2-10,14H,1H3. The van der Waals surface area contributed by atoms with E-state index in [1.165, 1.54) is 7.11 Å². The van der Waals surface area contributed by atoms with Gasteiger partial charge in [0.25, 0.3) is 0 Å². The van der Waals surface area contributed by atoms with E-state index in [1.54, 1.807) is 36.4 Å². The van der Waals surface area contributed by atoms with Crippen LogP contribution in [-0.2, 0) is 4.74 Å².